The Morgan fingerprint density at radius 2 is 2.16 bits per heavy atom. The van der Waals surface area contributed by atoms with Gasteiger partial charge in [0.2, 0.25) is 0 Å². The minimum Gasteiger partial charge on any atom is -0.476 e. The molecule has 0 aliphatic heterocycles. The van der Waals surface area contributed by atoms with Crippen molar-refractivity contribution in [3.63, 3.8) is 0 Å². The predicted octanol–water partition coefficient (Wildman–Crippen LogP) is 0.982. The van der Waals surface area contributed by atoms with Gasteiger partial charge in [0.1, 0.15) is 0 Å². The van der Waals surface area contributed by atoms with Crippen LogP contribution in [0.15, 0.2) is 9.72 Å². The van der Waals surface area contributed by atoms with E-state index in [1.54, 1.807) is 13.8 Å². The second kappa shape index (κ2) is 4.63. The van der Waals surface area contributed by atoms with Gasteiger partial charge >= 0.3 is 5.97 Å². The Hall–Kier alpha value is -1.94. The van der Waals surface area contributed by atoms with Crippen LogP contribution in [0, 0.1) is 13.8 Å². The molecule has 0 radical (unpaired) electrons. The summed E-state index contributed by atoms with van der Waals surface area (Å²) < 4.78 is 26.3. The molecule has 8 nitrogen and oxygen atoms in total. The lowest BCUT2D eigenvalue weighted by molar-refractivity contribution is 0.0687. The monoisotopic (exact) mass is 302 g/mol. The highest BCUT2D eigenvalue weighted by Crippen LogP contribution is 2.25. The minimum atomic E-state index is -4.00. The van der Waals surface area contributed by atoms with E-state index < -0.39 is 21.7 Å². The normalized spacial score (nSPS) is 11.5. The molecule has 0 aromatic carbocycles. The van der Waals surface area contributed by atoms with E-state index in [0.29, 0.717) is 17.1 Å². The van der Waals surface area contributed by atoms with E-state index in [9.17, 15) is 13.2 Å². The van der Waals surface area contributed by atoms with Crippen molar-refractivity contribution in [3.8, 4) is 0 Å². The molecule has 0 aliphatic carbocycles. The lowest BCUT2D eigenvalue weighted by Crippen LogP contribution is -2.16. The van der Waals surface area contributed by atoms with Gasteiger partial charge in [-0.15, -0.1) is 11.3 Å². The number of anilines is 1. The number of nitrogens with zero attached hydrogens (tertiary/aromatic N) is 2. The van der Waals surface area contributed by atoms with Crippen LogP contribution in [0.25, 0.3) is 0 Å². The molecule has 0 saturated carbocycles. The van der Waals surface area contributed by atoms with Crippen molar-refractivity contribution >= 4 is 33.0 Å². The van der Waals surface area contributed by atoms with Gasteiger partial charge in [-0.2, -0.15) is 5.10 Å². The summed E-state index contributed by atoms with van der Waals surface area (Å²) in [7, 11) is -4.00. The first-order chi connectivity index (χ1) is 8.83. The summed E-state index contributed by atoms with van der Waals surface area (Å²) in [6.45, 7) is 3.29. The number of aromatic amines is 1. The molecular weight excluding hydrogens is 292 g/mol. The zero-order valence-corrected chi connectivity index (χ0v) is 11.6. The second-order valence-electron chi connectivity index (χ2n) is 3.71. The summed E-state index contributed by atoms with van der Waals surface area (Å²) >= 11 is 0.745. The molecule has 10 heteroatoms. The Labute approximate surface area is 112 Å². The van der Waals surface area contributed by atoms with E-state index >= 15 is 0 Å². The average Bonchev–Trinajstić information content (AvgIpc) is 2.91. The highest BCUT2D eigenvalue weighted by atomic mass is 32.2. The fourth-order valence-electron chi connectivity index (χ4n) is 1.45. The number of aryl methyl sites for hydroxylation is 2. The van der Waals surface area contributed by atoms with Crippen LogP contribution in [0.5, 0.6) is 0 Å². The molecule has 2 aromatic rings. The van der Waals surface area contributed by atoms with Gasteiger partial charge in [0.05, 0.1) is 22.6 Å². The van der Waals surface area contributed by atoms with Gasteiger partial charge in [-0.3, -0.25) is 9.82 Å². The van der Waals surface area contributed by atoms with Crippen LogP contribution in [0.2, 0.25) is 0 Å². The van der Waals surface area contributed by atoms with E-state index in [-0.39, 0.29) is 4.21 Å². The molecule has 0 spiro atoms. The minimum absolute atomic E-state index is 0.310. The lowest BCUT2D eigenvalue weighted by Gasteiger charge is -2.06. The number of rotatable bonds is 4. The number of hydrogen-bond donors (Lipinski definition) is 3. The van der Waals surface area contributed by atoms with Crippen LogP contribution in [-0.2, 0) is 10.0 Å². The van der Waals surface area contributed by atoms with Crippen LogP contribution in [0.4, 0.5) is 5.69 Å². The SMILES string of the molecule is Cc1n[nH]c(C)c1NS(=O)(=O)c1scnc1C(=O)O. The molecule has 0 aliphatic rings. The van der Waals surface area contributed by atoms with E-state index in [4.69, 9.17) is 5.11 Å². The number of aromatic nitrogens is 3. The number of hydrogen-bond acceptors (Lipinski definition) is 6. The zero-order valence-electron chi connectivity index (χ0n) is 9.96. The number of carboxylic acid groups (broad SMARTS) is 1. The highest BCUT2D eigenvalue weighted by molar-refractivity contribution is 7.94. The fourth-order valence-corrected chi connectivity index (χ4v) is 3.77. The van der Waals surface area contributed by atoms with Gasteiger partial charge in [0, 0.05) is 0 Å². The molecule has 19 heavy (non-hydrogen) atoms. The molecule has 2 heterocycles. The topological polar surface area (TPSA) is 125 Å². The van der Waals surface area contributed by atoms with Crippen molar-refractivity contribution in [1.82, 2.24) is 15.2 Å². The first-order valence-corrected chi connectivity index (χ1v) is 7.40. The third kappa shape index (κ3) is 2.44. The fraction of sp³-hybridized carbons (Fsp3) is 0.222. The largest absolute Gasteiger partial charge is 0.476 e. The molecule has 0 bridgehead atoms. The van der Waals surface area contributed by atoms with Gasteiger partial charge in [0.25, 0.3) is 10.0 Å². The molecule has 2 aromatic heterocycles. The Kier molecular flexibility index (Phi) is 3.28. The van der Waals surface area contributed by atoms with E-state index in [1.807, 2.05) is 0 Å². The Bertz CT molecular complexity index is 712. The maximum Gasteiger partial charge on any atom is 0.356 e. The molecule has 0 atom stereocenters. The van der Waals surface area contributed by atoms with Crippen molar-refractivity contribution in [3.05, 3.63) is 22.6 Å². The molecule has 0 saturated heterocycles. The number of carboxylic acids is 1. The number of sulfonamides is 1. The van der Waals surface area contributed by atoms with Gasteiger partial charge in [-0.1, -0.05) is 0 Å². The maximum absolute atomic E-state index is 12.1. The van der Waals surface area contributed by atoms with Crippen LogP contribution in [-0.4, -0.2) is 34.7 Å². The molecule has 102 valence electrons. The number of nitrogens with one attached hydrogen (secondary N) is 2. The number of aromatic carboxylic acids is 1. The highest BCUT2D eigenvalue weighted by Gasteiger charge is 2.27. The van der Waals surface area contributed by atoms with Crippen molar-refractivity contribution in [2.75, 3.05) is 4.72 Å². The summed E-state index contributed by atoms with van der Waals surface area (Å²) in [5.74, 6) is -1.39. The number of H-pyrrole nitrogens is 1. The van der Waals surface area contributed by atoms with E-state index in [0.717, 1.165) is 11.3 Å². The third-order valence-electron chi connectivity index (χ3n) is 2.35. The van der Waals surface area contributed by atoms with Crippen LogP contribution in [0.3, 0.4) is 0 Å². The zero-order chi connectivity index (χ0) is 14.2. The quantitative estimate of drug-likeness (QED) is 0.773. The first-order valence-electron chi connectivity index (χ1n) is 5.04. The second-order valence-corrected chi connectivity index (χ2v) is 6.44. The Morgan fingerprint density at radius 1 is 1.47 bits per heavy atom. The molecular formula is C9H10N4O4S2. The molecule has 0 fully saturated rings. The average molecular weight is 302 g/mol. The lowest BCUT2D eigenvalue weighted by atomic mass is 10.3. The molecule has 2 rings (SSSR count). The molecule has 3 N–H and O–H groups in total. The smallest absolute Gasteiger partial charge is 0.356 e. The van der Waals surface area contributed by atoms with Crippen molar-refractivity contribution < 1.29 is 18.3 Å². The van der Waals surface area contributed by atoms with E-state index in [1.165, 1.54) is 5.51 Å². The van der Waals surface area contributed by atoms with Crippen molar-refractivity contribution in [1.29, 1.82) is 0 Å². The third-order valence-corrected chi connectivity index (χ3v) is 5.07. The standard InChI is InChI=1S/C9H10N4O4S2/c1-4-6(5(2)12-11-4)13-19(16,17)9-7(8(14)15)10-3-18-9/h3,13H,1-2H3,(H,11,12)(H,14,15). The van der Waals surface area contributed by atoms with Gasteiger partial charge < -0.3 is 5.11 Å². The predicted molar refractivity (Wildman–Crippen MR) is 67.9 cm³/mol. The summed E-state index contributed by atoms with van der Waals surface area (Å²) in [4.78, 5) is 14.4. The van der Waals surface area contributed by atoms with Crippen LogP contribution in [0.1, 0.15) is 21.9 Å². The van der Waals surface area contributed by atoms with Gasteiger partial charge in [0.15, 0.2) is 9.90 Å². The number of thiazole rings is 1. The van der Waals surface area contributed by atoms with Crippen LogP contribution < -0.4 is 4.72 Å². The van der Waals surface area contributed by atoms with Gasteiger partial charge in [-0.05, 0) is 13.8 Å². The Morgan fingerprint density at radius 3 is 2.68 bits per heavy atom. The van der Waals surface area contributed by atoms with Crippen molar-refractivity contribution in [2.24, 2.45) is 0 Å². The summed E-state index contributed by atoms with van der Waals surface area (Å²) in [5, 5.41) is 15.4. The Balaban J connectivity index is 2.44. The summed E-state index contributed by atoms with van der Waals surface area (Å²) in [6.07, 6.45) is 0. The first kappa shape index (κ1) is 13.5. The summed E-state index contributed by atoms with van der Waals surface area (Å²) in [6, 6.07) is 0. The summed E-state index contributed by atoms with van der Waals surface area (Å²) in [5.41, 5.74) is 2.01. The maximum atomic E-state index is 12.1. The van der Waals surface area contributed by atoms with E-state index in [2.05, 4.69) is 19.9 Å². The number of carbonyl (C=O) groups is 1. The molecule has 0 unspecified atom stereocenters. The van der Waals surface area contributed by atoms with Gasteiger partial charge in [-0.25, -0.2) is 18.2 Å². The van der Waals surface area contributed by atoms with Crippen molar-refractivity contribution in [2.45, 2.75) is 18.1 Å². The molecule has 0 amide bonds. The van der Waals surface area contributed by atoms with Crippen LogP contribution >= 0.6 is 11.3 Å².